The number of amides is 2. The zero-order valence-corrected chi connectivity index (χ0v) is 12.7. The van der Waals surface area contributed by atoms with E-state index in [1.165, 1.54) is 12.0 Å². The Hall–Kier alpha value is -1.83. The van der Waals surface area contributed by atoms with Crippen LogP contribution in [0, 0.1) is 5.41 Å². The summed E-state index contributed by atoms with van der Waals surface area (Å²) in [5.74, 6) is -1.72. The second-order valence-corrected chi connectivity index (χ2v) is 5.89. The summed E-state index contributed by atoms with van der Waals surface area (Å²) in [4.78, 5) is 36.5. The van der Waals surface area contributed by atoms with Gasteiger partial charge in [-0.25, -0.2) is 14.4 Å². The second kappa shape index (κ2) is 6.75. The molecule has 1 rings (SSSR count). The van der Waals surface area contributed by atoms with Crippen LogP contribution in [0.1, 0.15) is 20.8 Å². The highest BCUT2D eigenvalue weighted by Gasteiger charge is 2.38. The number of methoxy groups -OCH3 is 1. The molecular formula is C13H22N2O6. The van der Waals surface area contributed by atoms with Gasteiger partial charge in [-0.1, -0.05) is 20.8 Å². The number of carboxylic acid groups (broad SMARTS) is 1. The highest BCUT2D eigenvalue weighted by atomic mass is 16.5. The third-order valence-electron chi connectivity index (χ3n) is 3.24. The van der Waals surface area contributed by atoms with Crippen molar-refractivity contribution < 1.29 is 29.0 Å². The molecule has 0 radical (unpaired) electrons. The van der Waals surface area contributed by atoms with Crippen molar-refractivity contribution >= 4 is 18.0 Å². The van der Waals surface area contributed by atoms with Gasteiger partial charge in [-0.05, 0) is 5.41 Å². The number of carbonyl (C=O) groups is 3. The Morgan fingerprint density at radius 2 is 2.00 bits per heavy atom. The van der Waals surface area contributed by atoms with Crippen molar-refractivity contribution in [2.24, 2.45) is 5.41 Å². The molecule has 2 N–H and O–H groups in total. The molecule has 1 aliphatic rings. The van der Waals surface area contributed by atoms with Crippen molar-refractivity contribution in [1.29, 1.82) is 0 Å². The van der Waals surface area contributed by atoms with Crippen molar-refractivity contribution in [3.63, 3.8) is 0 Å². The standard InChI is InChI=1S/C13H22N2O6/c1-13(2,3)9(10(16)17)14-12(19)15-5-6-21-7-8(15)11(18)20-4/h8-9H,5-7H2,1-4H3,(H,14,19)(H,16,17)/t8?,9-/m1/s1. The van der Waals surface area contributed by atoms with E-state index in [1.807, 2.05) is 0 Å². The van der Waals surface area contributed by atoms with Crippen LogP contribution in [0.25, 0.3) is 0 Å². The van der Waals surface area contributed by atoms with Gasteiger partial charge in [0, 0.05) is 6.54 Å². The fraction of sp³-hybridized carbons (Fsp3) is 0.769. The molecule has 8 heteroatoms. The highest BCUT2D eigenvalue weighted by molar-refractivity contribution is 5.87. The minimum atomic E-state index is -1.13. The molecule has 1 aliphatic heterocycles. The summed E-state index contributed by atoms with van der Waals surface area (Å²) in [6.45, 7) is 5.65. The lowest BCUT2D eigenvalue weighted by Crippen LogP contribution is -2.60. The lowest BCUT2D eigenvalue weighted by molar-refractivity contribution is -0.151. The first-order valence-electron chi connectivity index (χ1n) is 6.64. The fourth-order valence-corrected chi connectivity index (χ4v) is 2.03. The summed E-state index contributed by atoms with van der Waals surface area (Å²) < 4.78 is 9.80. The number of esters is 1. The molecule has 1 saturated heterocycles. The minimum Gasteiger partial charge on any atom is -0.480 e. The molecule has 8 nitrogen and oxygen atoms in total. The first-order chi connectivity index (χ1) is 9.68. The van der Waals surface area contributed by atoms with Crippen molar-refractivity contribution in [3.05, 3.63) is 0 Å². The fourth-order valence-electron chi connectivity index (χ4n) is 2.03. The quantitative estimate of drug-likeness (QED) is 0.715. The summed E-state index contributed by atoms with van der Waals surface area (Å²) in [5.41, 5.74) is -0.658. The van der Waals surface area contributed by atoms with Crippen LogP contribution >= 0.6 is 0 Å². The lowest BCUT2D eigenvalue weighted by Gasteiger charge is -2.36. The van der Waals surface area contributed by atoms with Crippen molar-refractivity contribution in [1.82, 2.24) is 10.2 Å². The van der Waals surface area contributed by atoms with Crippen LogP contribution in [0.15, 0.2) is 0 Å². The van der Waals surface area contributed by atoms with E-state index in [4.69, 9.17) is 4.74 Å². The molecule has 0 aromatic heterocycles. The van der Waals surface area contributed by atoms with Crippen LogP contribution in [-0.4, -0.2) is 66.9 Å². The molecule has 0 aromatic carbocycles. The summed E-state index contributed by atoms with van der Waals surface area (Å²) in [7, 11) is 1.22. The lowest BCUT2D eigenvalue weighted by atomic mass is 9.87. The zero-order valence-electron chi connectivity index (χ0n) is 12.7. The molecule has 0 bridgehead atoms. The second-order valence-electron chi connectivity index (χ2n) is 5.89. The molecule has 21 heavy (non-hydrogen) atoms. The Morgan fingerprint density at radius 1 is 1.38 bits per heavy atom. The van der Waals surface area contributed by atoms with E-state index >= 15 is 0 Å². The Bertz CT molecular complexity index is 417. The predicted octanol–water partition coefficient (Wildman–Crippen LogP) is 0.0691. The van der Waals surface area contributed by atoms with Crippen molar-refractivity contribution in [2.75, 3.05) is 26.9 Å². The van der Waals surface area contributed by atoms with Crippen LogP contribution in [0.4, 0.5) is 4.79 Å². The SMILES string of the molecule is COC(=O)C1COCCN1C(=O)N[C@H](C(=O)O)C(C)(C)C. The number of carbonyl (C=O) groups excluding carboxylic acids is 2. The first kappa shape index (κ1) is 17.2. The number of hydrogen-bond acceptors (Lipinski definition) is 5. The molecule has 1 fully saturated rings. The number of hydrogen-bond donors (Lipinski definition) is 2. The highest BCUT2D eigenvalue weighted by Crippen LogP contribution is 2.20. The van der Waals surface area contributed by atoms with Crippen LogP contribution in [0.3, 0.4) is 0 Å². The number of rotatable bonds is 3. The molecule has 0 saturated carbocycles. The maximum atomic E-state index is 12.3. The van der Waals surface area contributed by atoms with Crippen LogP contribution < -0.4 is 5.32 Å². The van der Waals surface area contributed by atoms with Gasteiger partial charge in [0.05, 0.1) is 20.3 Å². The van der Waals surface area contributed by atoms with Gasteiger partial charge in [-0.2, -0.15) is 0 Å². The zero-order chi connectivity index (χ0) is 16.2. The minimum absolute atomic E-state index is 0.0351. The van der Waals surface area contributed by atoms with Crippen molar-refractivity contribution in [3.8, 4) is 0 Å². The van der Waals surface area contributed by atoms with Gasteiger partial charge in [0.15, 0.2) is 6.04 Å². The number of urea groups is 1. The summed E-state index contributed by atoms with van der Waals surface area (Å²) >= 11 is 0. The molecule has 2 atom stereocenters. The molecule has 2 amide bonds. The number of ether oxygens (including phenoxy) is 2. The molecule has 0 aliphatic carbocycles. The molecule has 1 unspecified atom stereocenters. The Kier molecular flexibility index (Phi) is 5.54. The topological polar surface area (TPSA) is 105 Å². The average molecular weight is 302 g/mol. The normalized spacial score (nSPS) is 20.6. The van der Waals surface area contributed by atoms with E-state index in [0.29, 0.717) is 0 Å². The Morgan fingerprint density at radius 3 is 2.48 bits per heavy atom. The van der Waals surface area contributed by atoms with Gasteiger partial charge in [0.2, 0.25) is 0 Å². The Labute approximate surface area is 123 Å². The van der Waals surface area contributed by atoms with Gasteiger partial charge < -0.3 is 24.8 Å². The van der Waals surface area contributed by atoms with Gasteiger partial charge in [0.1, 0.15) is 6.04 Å². The summed E-state index contributed by atoms with van der Waals surface area (Å²) in [6.07, 6.45) is 0. The predicted molar refractivity (Wildman–Crippen MR) is 72.7 cm³/mol. The number of aliphatic carboxylic acids is 1. The largest absolute Gasteiger partial charge is 0.480 e. The third kappa shape index (κ3) is 4.32. The Balaban J connectivity index is 2.84. The van der Waals surface area contributed by atoms with E-state index in [9.17, 15) is 19.5 Å². The first-order valence-corrected chi connectivity index (χ1v) is 6.64. The number of nitrogens with one attached hydrogen (secondary N) is 1. The molecule has 120 valence electrons. The molecule has 0 aromatic rings. The van der Waals surface area contributed by atoms with E-state index in [0.717, 1.165) is 0 Å². The van der Waals surface area contributed by atoms with E-state index in [2.05, 4.69) is 10.1 Å². The van der Waals surface area contributed by atoms with Gasteiger partial charge in [0.25, 0.3) is 0 Å². The smallest absolute Gasteiger partial charge is 0.331 e. The average Bonchev–Trinajstić information content (AvgIpc) is 2.42. The molecule has 1 heterocycles. The maximum absolute atomic E-state index is 12.3. The maximum Gasteiger partial charge on any atom is 0.331 e. The number of carboxylic acids is 1. The molecular weight excluding hydrogens is 280 g/mol. The van der Waals surface area contributed by atoms with E-state index in [-0.39, 0.29) is 19.8 Å². The van der Waals surface area contributed by atoms with Crippen molar-refractivity contribution in [2.45, 2.75) is 32.9 Å². The number of nitrogens with zero attached hydrogens (tertiary/aromatic N) is 1. The van der Waals surface area contributed by atoms with Crippen LogP contribution in [-0.2, 0) is 19.1 Å². The van der Waals surface area contributed by atoms with E-state index < -0.39 is 35.5 Å². The van der Waals surface area contributed by atoms with Gasteiger partial charge >= 0.3 is 18.0 Å². The number of morpholine rings is 1. The third-order valence-corrected chi connectivity index (χ3v) is 3.24. The molecule has 0 spiro atoms. The van der Waals surface area contributed by atoms with Gasteiger partial charge in [-0.3, -0.25) is 0 Å². The van der Waals surface area contributed by atoms with Gasteiger partial charge in [-0.15, -0.1) is 0 Å². The summed E-state index contributed by atoms with van der Waals surface area (Å²) in [6, 6.07) is -2.54. The van der Waals surface area contributed by atoms with Crippen LogP contribution in [0.2, 0.25) is 0 Å². The summed E-state index contributed by atoms with van der Waals surface area (Å²) in [5, 5.41) is 11.7. The van der Waals surface area contributed by atoms with E-state index in [1.54, 1.807) is 20.8 Å². The monoisotopic (exact) mass is 302 g/mol. The van der Waals surface area contributed by atoms with Crippen LogP contribution in [0.5, 0.6) is 0 Å².